The van der Waals surface area contributed by atoms with Gasteiger partial charge in [0.2, 0.25) is 0 Å². The third kappa shape index (κ3) is 4.59. The first kappa shape index (κ1) is 19.4. The molecule has 0 atom stereocenters. The van der Waals surface area contributed by atoms with Crippen LogP contribution in [0.2, 0.25) is 0 Å². The molecule has 0 saturated heterocycles. The van der Waals surface area contributed by atoms with Crippen molar-refractivity contribution in [2.75, 3.05) is 34.5 Å². The highest BCUT2D eigenvalue weighted by Gasteiger charge is 2.17. The highest BCUT2D eigenvalue weighted by Crippen LogP contribution is 2.34. The maximum atomic E-state index is 12.5. The van der Waals surface area contributed by atoms with Crippen LogP contribution in [0.5, 0.6) is 23.0 Å². The predicted octanol–water partition coefficient (Wildman–Crippen LogP) is 3.14. The van der Waals surface area contributed by atoms with Crippen molar-refractivity contribution in [2.24, 2.45) is 0 Å². The van der Waals surface area contributed by atoms with Gasteiger partial charge in [-0.1, -0.05) is 17.7 Å². The third-order valence-corrected chi connectivity index (χ3v) is 3.93. The van der Waals surface area contributed by atoms with Gasteiger partial charge in [-0.3, -0.25) is 4.79 Å². The topological polar surface area (TPSA) is 66.0 Å². The number of rotatable bonds is 8. The minimum absolute atomic E-state index is 0.271. The average molecular weight is 359 g/mol. The van der Waals surface area contributed by atoms with E-state index < -0.39 is 0 Å². The molecule has 0 saturated carbocycles. The molecule has 26 heavy (non-hydrogen) atoms. The van der Waals surface area contributed by atoms with Crippen molar-refractivity contribution in [3.8, 4) is 23.0 Å². The van der Waals surface area contributed by atoms with E-state index in [0.29, 0.717) is 36.0 Å². The van der Waals surface area contributed by atoms with Crippen LogP contribution in [-0.2, 0) is 0 Å². The quantitative estimate of drug-likeness (QED) is 0.734. The Morgan fingerprint density at radius 1 is 0.885 bits per heavy atom. The van der Waals surface area contributed by atoms with Crippen LogP contribution in [0, 0.1) is 13.8 Å². The summed E-state index contributed by atoms with van der Waals surface area (Å²) in [5, 5.41) is 2.82. The Morgan fingerprint density at radius 3 is 2.15 bits per heavy atom. The second kappa shape index (κ2) is 8.99. The Balaban J connectivity index is 1.99. The molecule has 2 aromatic rings. The van der Waals surface area contributed by atoms with Crippen molar-refractivity contribution in [2.45, 2.75) is 13.8 Å². The molecule has 2 aromatic carbocycles. The summed E-state index contributed by atoms with van der Waals surface area (Å²) in [6.45, 7) is 4.76. The number of ether oxygens (including phenoxy) is 4. The van der Waals surface area contributed by atoms with Gasteiger partial charge in [-0.25, -0.2) is 0 Å². The average Bonchev–Trinajstić information content (AvgIpc) is 2.65. The highest BCUT2D eigenvalue weighted by atomic mass is 16.5. The zero-order chi connectivity index (χ0) is 19.1. The minimum atomic E-state index is -0.271. The summed E-state index contributed by atoms with van der Waals surface area (Å²) >= 11 is 0. The van der Waals surface area contributed by atoms with E-state index in [1.165, 1.54) is 26.9 Å². The van der Waals surface area contributed by atoms with Gasteiger partial charge >= 0.3 is 0 Å². The van der Waals surface area contributed by atoms with Crippen molar-refractivity contribution in [3.63, 3.8) is 0 Å². The lowest BCUT2D eigenvalue weighted by Crippen LogP contribution is -2.28. The highest BCUT2D eigenvalue weighted by molar-refractivity contribution is 5.97. The molecule has 2 rings (SSSR count). The molecule has 6 nitrogen and oxygen atoms in total. The van der Waals surface area contributed by atoms with E-state index in [1.807, 2.05) is 26.0 Å². The van der Waals surface area contributed by atoms with Crippen molar-refractivity contribution in [1.29, 1.82) is 0 Å². The smallest absolute Gasteiger partial charge is 0.255 e. The molecule has 0 aliphatic carbocycles. The van der Waals surface area contributed by atoms with Crippen LogP contribution in [-0.4, -0.2) is 40.4 Å². The van der Waals surface area contributed by atoms with Gasteiger partial charge in [0.15, 0.2) is 11.5 Å². The fourth-order valence-corrected chi connectivity index (χ4v) is 2.59. The number of nitrogens with one attached hydrogen (secondary N) is 1. The number of hydrogen-bond acceptors (Lipinski definition) is 5. The number of aryl methyl sites for hydroxylation is 2. The molecule has 0 radical (unpaired) electrons. The number of methoxy groups -OCH3 is 3. The van der Waals surface area contributed by atoms with Crippen LogP contribution in [0.3, 0.4) is 0 Å². The second-order valence-corrected chi connectivity index (χ2v) is 5.78. The summed E-state index contributed by atoms with van der Waals surface area (Å²) in [5.74, 6) is 1.92. The van der Waals surface area contributed by atoms with Crippen LogP contribution in [0.25, 0.3) is 0 Å². The third-order valence-electron chi connectivity index (χ3n) is 3.93. The Kier molecular flexibility index (Phi) is 6.72. The van der Waals surface area contributed by atoms with Crippen LogP contribution >= 0.6 is 0 Å². The summed E-state index contributed by atoms with van der Waals surface area (Å²) in [6.07, 6.45) is 0. The zero-order valence-electron chi connectivity index (χ0n) is 15.8. The number of carbonyl (C=O) groups is 1. The van der Waals surface area contributed by atoms with Crippen molar-refractivity contribution >= 4 is 5.91 Å². The summed E-state index contributed by atoms with van der Waals surface area (Å²) in [5.41, 5.74) is 2.62. The van der Waals surface area contributed by atoms with Gasteiger partial charge < -0.3 is 24.3 Å². The number of carbonyl (C=O) groups excluding carboxylic acids is 1. The molecule has 0 fully saturated rings. The molecule has 0 aromatic heterocycles. The second-order valence-electron chi connectivity index (χ2n) is 5.78. The van der Waals surface area contributed by atoms with Gasteiger partial charge in [-0.2, -0.15) is 0 Å². The van der Waals surface area contributed by atoms with E-state index in [-0.39, 0.29) is 5.91 Å². The molecule has 6 heteroatoms. The van der Waals surface area contributed by atoms with Crippen molar-refractivity contribution in [1.82, 2.24) is 5.32 Å². The van der Waals surface area contributed by atoms with Crippen LogP contribution in [0.4, 0.5) is 0 Å². The number of benzene rings is 2. The largest absolute Gasteiger partial charge is 0.496 e. The molecule has 0 spiro atoms. The lowest BCUT2D eigenvalue weighted by atomic mass is 10.1. The van der Waals surface area contributed by atoms with Gasteiger partial charge in [0.1, 0.15) is 18.1 Å². The Hall–Kier alpha value is -2.89. The SMILES string of the molecule is COc1cc(OC)c(C(=O)NCCOc2ccc(C)cc2C)cc1OC. The van der Waals surface area contributed by atoms with Crippen molar-refractivity contribution < 1.29 is 23.7 Å². The molecule has 0 unspecified atom stereocenters. The molecule has 0 bridgehead atoms. The van der Waals surface area contributed by atoms with Gasteiger partial charge in [-0.05, 0) is 25.5 Å². The van der Waals surface area contributed by atoms with Crippen LogP contribution in [0.1, 0.15) is 21.5 Å². The standard InChI is InChI=1S/C20H25NO5/c1-13-6-7-16(14(2)10-13)26-9-8-21-20(22)15-11-18(24-4)19(25-5)12-17(15)23-3/h6-7,10-12H,8-9H2,1-5H3,(H,21,22). The van der Waals surface area contributed by atoms with Crippen LogP contribution in [0.15, 0.2) is 30.3 Å². The maximum absolute atomic E-state index is 12.5. The Morgan fingerprint density at radius 2 is 1.54 bits per heavy atom. The normalized spacial score (nSPS) is 10.2. The van der Waals surface area contributed by atoms with E-state index in [9.17, 15) is 4.79 Å². The van der Waals surface area contributed by atoms with Gasteiger partial charge in [0.25, 0.3) is 5.91 Å². The first-order valence-corrected chi connectivity index (χ1v) is 8.28. The molecule has 140 valence electrons. The van der Waals surface area contributed by atoms with Gasteiger partial charge in [0.05, 0.1) is 33.4 Å². The first-order valence-electron chi connectivity index (χ1n) is 8.28. The zero-order valence-corrected chi connectivity index (χ0v) is 15.8. The Bertz CT molecular complexity index is 773. The molecule has 1 amide bonds. The minimum Gasteiger partial charge on any atom is -0.496 e. The van der Waals surface area contributed by atoms with E-state index >= 15 is 0 Å². The molecular weight excluding hydrogens is 334 g/mol. The van der Waals surface area contributed by atoms with E-state index in [4.69, 9.17) is 18.9 Å². The van der Waals surface area contributed by atoms with Gasteiger partial charge in [0, 0.05) is 12.1 Å². The maximum Gasteiger partial charge on any atom is 0.255 e. The Labute approximate surface area is 154 Å². The molecule has 0 aliphatic heterocycles. The van der Waals surface area contributed by atoms with E-state index in [2.05, 4.69) is 11.4 Å². The molecule has 1 N–H and O–H groups in total. The van der Waals surface area contributed by atoms with Crippen LogP contribution < -0.4 is 24.3 Å². The fourth-order valence-electron chi connectivity index (χ4n) is 2.59. The summed E-state index contributed by atoms with van der Waals surface area (Å²) in [7, 11) is 4.55. The molecule has 0 heterocycles. The van der Waals surface area contributed by atoms with E-state index in [0.717, 1.165) is 11.3 Å². The lowest BCUT2D eigenvalue weighted by Gasteiger charge is -2.14. The van der Waals surface area contributed by atoms with Gasteiger partial charge in [-0.15, -0.1) is 0 Å². The monoisotopic (exact) mass is 359 g/mol. The number of hydrogen-bond donors (Lipinski definition) is 1. The molecular formula is C20H25NO5. The predicted molar refractivity (Wildman–Crippen MR) is 99.8 cm³/mol. The summed E-state index contributed by atoms with van der Waals surface area (Å²) in [6, 6.07) is 9.21. The summed E-state index contributed by atoms with van der Waals surface area (Å²) in [4.78, 5) is 12.5. The first-order chi connectivity index (χ1) is 12.5. The van der Waals surface area contributed by atoms with Crippen molar-refractivity contribution in [3.05, 3.63) is 47.0 Å². The fraction of sp³-hybridized carbons (Fsp3) is 0.350. The summed E-state index contributed by atoms with van der Waals surface area (Å²) < 4.78 is 21.5. The number of amides is 1. The van der Waals surface area contributed by atoms with E-state index in [1.54, 1.807) is 12.1 Å². The molecule has 0 aliphatic rings. The lowest BCUT2D eigenvalue weighted by molar-refractivity contribution is 0.0943.